The van der Waals surface area contributed by atoms with E-state index in [2.05, 4.69) is 10.4 Å². The van der Waals surface area contributed by atoms with Crippen molar-refractivity contribution in [2.75, 3.05) is 11.9 Å². The van der Waals surface area contributed by atoms with Crippen LogP contribution in [-0.4, -0.2) is 52.2 Å². The molecule has 160 valence electrons. The van der Waals surface area contributed by atoms with Crippen molar-refractivity contribution in [1.29, 1.82) is 0 Å². The second-order valence-electron chi connectivity index (χ2n) is 8.97. The summed E-state index contributed by atoms with van der Waals surface area (Å²) < 4.78 is 29.9. The Balaban J connectivity index is 1.37. The Bertz CT molecular complexity index is 1090. The van der Waals surface area contributed by atoms with Crippen molar-refractivity contribution < 1.29 is 18.3 Å². The monoisotopic (exact) mass is 430 g/mol. The highest BCUT2D eigenvalue weighted by molar-refractivity contribution is 7.89. The molecule has 30 heavy (non-hydrogen) atoms. The van der Waals surface area contributed by atoms with Gasteiger partial charge in [0.15, 0.2) is 5.69 Å². The summed E-state index contributed by atoms with van der Waals surface area (Å²) in [5, 5.41) is 17.5. The third-order valence-corrected chi connectivity index (χ3v) is 8.73. The van der Waals surface area contributed by atoms with Crippen molar-refractivity contribution in [1.82, 2.24) is 14.1 Å². The van der Waals surface area contributed by atoms with E-state index in [1.165, 1.54) is 16.4 Å². The third-order valence-electron chi connectivity index (χ3n) is 6.87. The number of benzene rings is 1. The van der Waals surface area contributed by atoms with Crippen LogP contribution in [0.15, 0.2) is 41.4 Å². The molecule has 1 aromatic carbocycles. The molecule has 1 aliphatic heterocycles. The van der Waals surface area contributed by atoms with Crippen molar-refractivity contribution in [3.8, 4) is 0 Å². The van der Waals surface area contributed by atoms with Crippen molar-refractivity contribution in [2.24, 2.45) is 17.8 Å². The van der Waals surface area contributed by atoms with Crippen LogP contribution in [0.1, 0.15) is 43.2 Å². The smallest absolute Gasteiger partial charge is 0.276 e. The third kappa shape index (κ3) is 2.99. The number of sulfonamides is 1. The number of nitrogens with zero attached hydrogens (tertiary/aromatic N) is 3. The molecule has 9 heteroatoms. The molecule has 1 aromatic heterocycles. The van der Waals surface area contributed by atoms with Gasteiger partial charge in [0.05, 0.1) is 17.0 Å². The van der Waals surface area contributed by atoms with E-state index in [-0.39, 0.29) is 34.5 Å². The number of rotatable bonds is 5. The number of aromatic nitrogens is 2. The van der Waals surface area contributed by atoms with Crippen LogP contribution in [-0.2, 0) is 10.0 Å². The lowest BCUT2D eigenvalue weighted by Crippen LogP contribution is -2.43. The molecule has 8 nitrogen and oxygen atoms in total. The first-order chi connectivity index (χ1) is 14.3. The first-order valence-corrected chi connectivity index (χ1v) is 11.9. The van der Waals surface area contributed by atoms with Gasteiger partial charge >= 0.3 is 0 Å². The molecule has 2 aliphatic carbocycles. The first kappa shape index (κ1) is 19.7. The molecule has 0 unspecified atom stereocenters. The van der Waals surface area contributed by atoms with Crippen molar-refractivity contribution in [2.45, 2.75) is 49.8 Å². The van der Waals surface area contributed by atoms with E-state index >= 15 is 0 Å². The highest BCUT2D eigenvalue weighted by Crippen LogP contribution is 2.56. The Hall–Kier alpha value is -2.23. The summed E-state index contributed by atoms with van der Waals surface area (Å²) in [6.07, 6.45) is 2.99. The van der Waals surface area contributed by atoms with E-state index in [9.17, 15) is 18.3 Å². The zero-order valence-corrected chi connectivity index (χ0v) is 17.8. The first-order valence-electron chi connectivity index (χ1n) is 10.4. The minimum absolute atomic E-state index is 0.130. The summed E-state index contributed by atoms with van der Waals surface area (Å²) in [6.45, 7) is 4.41. The van der Waals surface area contributed by atoms with Gasteiger partial charge in [0.2, 0.25) is 10.0 Å². The zero-order chi connectivity index (χ0) is 21.2. The molecule has 2 bridgehead atoms. The summed E-state index contributed by atoms with van der Waals surface area (Å²) in [4.78, 5) is 12.7. The van der Waals surface area contributed by atoms with Gasteiger partial charge in [0.25, 0.3) is 5.91 Å². The lowest BCUT2D eigenvalue weighted by molar-refractivity contribution is 0.0731. The standard InChI is InChI=1S/C21H26N4O4S/c1-12(2)24-7-6-18(23-24)21(27)22-15-4-3-5-16(10-15)30(28,29)25-11-14-8-13-9-17(14)19(25)20(13)26/h3-7,10,12-14,17,19-20,26H,8-9,11H2,1-2H3,(H,22,27)/t13-,14-,17+,19-,20+/m0/s1. The average molecular weight is 431 g/mol. The summed E-state index contributed by atoms with van der Waals surface area (Å²) in [5.74, 6) is 0.439. The molecule has 0 spiro atoms. The number of nitrogens with one attached hydrogen (secondary N) is 1. The summed E-state index contributed by atoms with van der Waals surface area (Å²) in [6, 6.07) is 7.74. The molecule has 1 saturated heterocycles. The van der Waals surface area contributed by atoms with Gasteiger partial charge in [0, 0.05) is 24.5 Å². The largest absolute Gasteiger partial charge is 0.391 e. The quantitative estimate of drug-likeness (QED) is 0.756. The number of anilines is 1. The molecule has 1 amide bonds. The average Bonchev–Trinajstić information content (AvgIpc) is 3.44. The second-order valence-corrected chi connectivity index (χ2v) is 10.9. The molecule has 2 aromatic rings. The van der Waals surface area contributed by atoms with Crippen LogP contribution in [0.3, 0.4) is 0 Å². The fraction of sp³-hybridized carbons (Fsp3) is 0.524. The van der Waals surface area contributed by atoms with Gasteiger partial charge in [-0.25, -0.2) is 8.42 Å². The Morgan fingerprint density at radius 1 is 1.23 bits per heavy atom. The van der Waals surface area contributed by atoms with E-state index in [4.69, 9.17) is 0 Å². The maximum absolute atomic E-state index is 13.4. The van der Waals surface area contributed by atoms with Gasteiger partial charge in [-0.1, -0.05) is 6.07 Å². The number of aliphatic hydroxyl groups is 1. The second kappa shape index (κ2) is 6.90. The summed E-state index contributed by atoms with van der Waals surface area (Å²) >= 11 is 0. The number of hydrogen-bond acceptors (Lipinski definition) is 5. The van der Waals surface area contributed by atoms with Gasteiger partial charge < -0.3 is 10.4 Å². The maximum atomic E-state index is 13.4. The predicted octanol–water partition coefficient (Wildman–Crippen LogP) is 2.11. The SMILES string of the molecule is CC(C)n1ccc(C(=O)Nc2cccc(S(=O)(=O)N3C[C@@H]4C[C@H]5C[C@H]4[C@H]3[C@@H]5O)c2)n1. The van der Waals surface area contributed by atoms with E-state index in [0.717, 1.165) is 12.8 Å². The molecule has 5 rings (SSSR count). The van der Waals surface area contributed by atoms with Gasteiger partial charge in [-0.2, -0.15) is 9.40 Å². The molecule has 0 radical (unpaired) electrons. The van der Waals surface area contributed by atoms with Crippen LogP contribution in [0.5, 0.6) is 0 Å². The number of aliphatic hydroxyl groups excluding tert-OH is 1. The van der Waals surface area contributed by atoms with Gasteiger partial charge in [0.1, 0.15) is 0 Å². The number of amides is 1. The molecule has 2 saturated carbocycles. The number of hydrogen-bond donors (Lipinski definition) is 2. The Morgan fingerprint density at radius 3 is 2.73 bits per heavy atom. The van der Waals surface area contributed by atoms with Crippen LogP contribution in [0, 0.1) is 17.8 Å². The van der Waals surface area contributed by atoms with E-state index in [1.54, 1.807) is 29.1 Å². The highest BCUT2D eigenvalue weighted by Gasteiger charge is 2.61. The summed E-state index contributed by atoms with van der Waals surface area (Å²) in [7, 11) is -3.76. The lowest BCUT2D eigenvalue weighted by Gasteiger charge is -2.28. The van der Waals surface area contributed by atoms with Crippen LogP contribution >= 0.6 is 0 Å². The van der Waals surface area contributed by atoms with Crippen LogP contribution in [0.4, 0.5) is 5.69 Å². The molecular formula is C21H26N4O4S. The van der Waals surface area contributed by atoms with Crippen LogP contribution < -0.4 is 5.32 Å². The molecule has 3 fully saturated rings. The van der Waals surface area contributed by atoms with Gasteiger partial charge in [-0.05, 0) is 68.7 Å². The molecular weight excluding hydrogens is 404 g/mol. The Kier molecular flexibility index (Phi) is 4.53. The number of carbonyl (C=O) groups is 1. The minimum Gasteiger partial charge on any atom is -0.391 e. The van der Waals surface area contributed by atoms with Gasteiger partial charge in [-0.15, -0.1) is 0 Å². The van der Waals surface area contributed by atoms with E-state index in [1.807, 2.05) is 13.8 Å². The Labute approximate surface area is 175 Å². The predicted molar refractivity (Wildman–Crippen MR) is 110 cm³/mol. The van der Waals surface area contributed by atoms with Crippen LogP contribution in [0.2, 0.25) is 0 Å². The zero-order valence-electron chi connectivity index (χ0n) is 17.0. The van der Waals surface area contributed by atoms with Crippen LogP contribution in [0.25, 0.3) is 0 Å². The number of carbonyl (C=O) groups excluding carboxylic acids is 1. The van der Waals surface area contributed by atoms with Crippen molar-refractivity contribution in [3.63, 3.8) is 0 Å². The molecule has 3 aliphatic rings. The van der Waals surface area contributed by atoms with Crippen molar-refractivity contribution >= 4 is 21.6 Å². The highest BCUT2D eigenvalue weighted by atomic mass is 32.2. The molecule has 2 N–H and O–H groups in total. The van der Waals surface area contributed by atoms with Gasteiger partial charge in [-0.3, -0.25) is 9.48 Å². The molecule has 2 heterocycles. The minimum atomic E-state index is -3.76. The Morgan fingerprint density at radius 2 is 2.03 bits per heavy atom. The van der Waals surface area contributed by atoms with Crippen molar-refractivity contribution in [3.05, 3.63) is 42.2 Å². The fourth-order valence-corrected chi connectivity index (χ4v) is 7.23. The maximum Gasteiger partial charge on any atom is 0.276 e. The fourth-order valence-electron chi connectivity index (χ4n) is 5.45. The van der Waals surface area contributed by atoms with E-state index < -0.39 is 22.0 Å². The normalized spacial score (nSPS) is 30.3. The topological polar surface area (TPSA) is 105 Å². The summed E-state index contributed by atoms with van der Waals surface area (Å²) in [5.41, 5.74) is 0.667. The van der Waals surface area contributed by atoms with E-state index in [0.29, 0.717) is 18.2 Å². The lowest BCUT2D eigenvalue weighted by atomic mass is 9.88. The molecule has 5 atom stereocenters. The number of fused-ring (bicyclic) bond motifs is 1.